The first-order valence-electron chi connectivity index (χ1n) is 11.1. The zero-order valence-corrected chi connectivity index (χ0v) is 18.7. The van der Waals surface area contributed by atoms with Gasteiger partial charge in [-0.15, -0.1) is 0 Å². The summed E-state index contributed by atoms with van der Waals surface area (Å²) in [5.74, 6) is 0.0434. The van der Waals surface area contributed by atoms with Gasteiger partial charge in [0.2, 0.25) is 5.88 Å². The van der Waals surface area contributed by atoms with Crippen LogP contribution >= 0.6 is 0 Å². The molecule has 9 heteroatoms. The smallest absolute Gasteiger partial charge is 0.250 e. The number of ether oxygens (including phenoxy) is 2. The van der Waals surface area contributed by atoms with Crippen molar-refractivity contribution in [2.24, 2.45) is 5.92 Å². The van der Waals surface area contributed by atoms with Crippen LogP contribution in [0, 0.1) is 17.1 Å². The standard InChI is InChI=1S/C23H31FN6O2/c1-29-7-3-16(4-8-29)14-30-15-17(12-27-30)22(25)19-5-9-32-10-6-21(19)28-18-11-20(24)23(31-2)26-13-18/h11-13,15-16,25,28H,3-10,14H2,1-2H3. The Hall–Kier alpha value is -2.78. The number of likely N-dealkylation sites (tertiary alicyclic amines) is 1. The molecule has 0 atom stereocenters. The second kappa shape index (κ2) is 10.2. The van der Waals surface area contributed by atoms with Crippen LogP contribution < -0.4 is 10.1 Å². The van der Waals surface area contributed by atoms with E-state index >= 15 is 0 Å². The first kappa shape index (κ1) is 22.4. The van der Waals surface area contributed by atoms with Gasteiger partial charge in [-0.25, -0.2) is 9.37 Å². The Bertz CT molecular complexity index is 981. The third-order valence-electron chi connectivity index (χ3n) is 6.16. The average Bonchev–Trinajstić information content (AvgIpc) is 3.13. The number of nitrogens with one attached hydrogen (secondary N) is 2. The van der Waals surface area contributed by atoms with Gasteiger partial charge in [-0.2, -0.15) is 5.10 Å². The predicted octanol–water partition coefficient (Wildman–Crippen LogP) is 3.31. The van der Waals surface area contributed by atoms with Crippen LogP contribution in [-0.4, -0.2) is 65.8 Å². The highest BCUT2D eigenvalue weighted by atomic mass is 19.1. The van der Waals surface area contributed by atoms with Gasteiger partial charge in [-0.1, -0.05) is 0 Å². The van der Waals surface area contributed by atoms with E-state index in [0.29, 0.717) is 43.4 Å². The Labute approximate surface area is 187 Å². The maximum atomic E-state index is 14.1. The van der Waals surface area contributed by atoms with Crippen LogP contribution in [0.25, 0.3) is 0 Å². The van der Waals surface area contributed by atoms with Crippen molar-refractivity contribution >= 4 is 11.4 Å². The van der Waals surface area contributed by atoms with E-state index in [-0.39, 0.29) is 5.88 Å². The number of methoxy groups -OCH3 is 1. The Kier molecular flexibility index (Phi) is 7.16. The van der Waals surface area contributed by atoms with Gasteiger partial charge in [0.25, 0.3) is 0 Å². The molecule has 4 heterocycles. The maximum absolute atomic E-state index is 14.1. The van der Waals surface area contributed by atoms with Crippen LogP contribution in [0.1, 0.15) is 31.2 Å². The molecule has 172 valence electrons. The fraction of sp³-hybridized carbons (Fsp3) is 0.522. The van der Waals surface area contributed by atoms with Gasteiger partial charge in [0.05, 0.1) is 44.1 Å². The number of pyridine rings is 1. The van der Waals surface area contributed by atoms with Gasteiger partial charge in [-0.05, 0) is 50.9 Å². The lowest BCUT2D eigenvalue weighted by Crippen LogP contribution is -2.31. The number of hydrogen-bond donors (Lipinski definition) is 2. The van der Waals surface area contributed by atoms with E-state index in [0.717, 1.165) is 36.5 Å². The van der Waals surface area contributed by atoms with E-state index in [2.05, 4.69) is 27.3 Å². The molecule has 8 nitrogen and oxygen atoms in total. The van der Waals surface area contributed by atoms with Gasteiger partial charge in [-0.3, -0.25) is 10.1 Å². The molecule has 0 bridgehead atoms. The number of hydrogen-bond acceptors (Lipinski definition) is 7. The highest BCUT2D eigenvalue weighted by molar-refractivity contribution is 6.11. The SMILES string of the molecule is COc1ncc(NC2=C(C(=N)c3cnn(CC4CCN(C)CC4)c3)CCOCC2)cc1F. The molecule has 32 heavy (non-hydrogen) atoms. The van der Waals surface area contributed by atoms with Crippen LogP contribution in [0.5, 0.6) is 5.88 Å². The van der Waals surface area contributed by atoms with Crippen LogP contribution in [0.15, 0.2) is 35.9 Å². The minimum atomic E-state index is -0.533. The minimum absolute atomic E-state index is 0.0429. The van der Waals surface area contributed by atoms with Crippen molar-refractivity contribution in [2.45, 2.75) is 32.2 Å². The largest absolute Gasteiger partial charge is 0.479 e. The summed E-state index contributed by atoms with van der Waals surface area (Å²) < 4.78 is 26.6. The summed E-state index contributed by atoms with van der Waals surface area (Å²) in [4.78, 5) is 6.35. The Balaban J connectivity index is 1.51. The molecule has 1 fully saturated rings. The molecule has 2 aliphatic rings. The topological polar surface area (TPSA) is 88.3 Å². The quantitative estimate of drug-likeness (QED) is 0.640. The van der Waals surface area contributed by atoms with Crippen LogP contribution in [0.2, 0.25) is 0 Å². The number of rotatable bonds is 7. The van der Waals surface area contributed by atoms with Crippen LogP contribution in [-0.2, 0) is 11.3 Å². The molecule has 0 amide bonds. The van der Waals surface area contributed by atoms with E-state index in [1.54, 1.807) is 6.20 Å². The van der Waals surface area contributed by atoms with E-state index in [9.17, 15) is 4.39 Å². The lowest BCUT2D eigenvalue weighted by molar-refractivity contribution is 0.146. The molecule has 2 aromatic heterocycles. The first-order chi connectivity index (χ1) is 15.5. The predicted molar refractivity (Wildman–Crippen MR) is 121 cm³/mol. The van der Waals surface area contributed by atoms with E-state index < -0.39 is 5.82 Å². The number of anilines is 1. The maximum Gasteiger partial charge on any atom is 0.250 e. The second-order valence-corrected chi connectivity index (χ2v) is 8.48. The van der Waals surface area contributed by atoms with Crippen LogP contribution in [0.4, 0.5) is 10.1 Å². The van der Waals surface area contributed by atoms with Crippen molar-refractivity contribution < 1.29 is 13.9 Å². The molecule has 0 aliphatic carbocycles. The van der Waals surface area contributed by atoms with Gasteiger partial charge < -0.3 is 19.7 Å². The van der Waals surface area contributed by atoms with Crippen molar-refractivity contribution in [3.8, 4) is 5.88 Å². The molecule has 0 radical (unpaired) electrons. The first-order valence-corrected chi connectivity index (χ1v) is 11.1. The lowest BCUT2D eigenvalue weighted by atomic mass is 9.97. The molecule has 4 rings (SSSR count). The van der Waals surface area contributed by atoms with Crippen molar-refractivity contribution in [3.63, 3.8) is 0 Å². The van der Waals surface area contributed by atoms with Crippen LogP contribution in [0.3, 0.4) is 0 Å². The number of nitrogens with zero attached hydrogens (tertiary/aromatic N) is 4. The zero-order valence-electron chi connectivity index (χ0n) is 18.7. The highest BCUT2D eigenvalue weighted by Crippen LogP contribution is 2.25. The third kappa shape index (κ3) is 5.34. The van der Waals surface area contributed by atoms with Crippen molar-refractivity contribution in [1.82, 2.24) is 19.7 Å². The summed E-state index contributed by atoms with van der Waals surface area (Å²) in [6.45, 7) is 4.21. The van der Waals surface area contributed by atoms with E-state index in [1.807, 2.05) is 10.9 Å². The summed E-state index contributed by atoms with van der Waals surface area (Å²) in [5.41, 5.74) is 3.44. The van der Waals surface area contributed by atoms with Gasteiger partial charge >= 0.3 is 0 Å². The normalized spacial score (nSPS) is 18.5. The molecular weight excluding hydrogens is 411 g/mol. The number of piperidine rings is 1. The minimum Gasteiger partial charge on any atom is -0.479 e. The summed E-state index contributed by atoms with van der Waals surface area (Å²) in [5, 5.41) is 16.6. The number of halogens is 1. The fourth-order valence-electron chi connectivity index (χ4n) is 4.26. The summed E-state index contributed by atoms with van der Waals surface area (Å²) in [7, 11) is 3.55. The van der Waals surface area contributed by atoms with Gasteiger partial charge in [0.1, 0.15) is 0 Å². The van der Waals surface area contributed by atoms with Crippen molar-refractivity contribution in [2.75, 3.05) is 45.8 Å². The van der Waals surface area contributed by atoms with Gasteiger partial charge in [0, 0.05) is 36.5 Å². The molecule has 0 aromatic carbocycles. The lowest BCUT2D eigenvalue weighted by Gasteiger charge is -2.28. The molecule has 0 unspecified atom stereocenters. The van der Waals surface area contributed by atoms with Crippen molar-refractivity contribution in [1.29, 1.82) is 5.41 Å². The summed E-state index contributed by atoms with van der Waals surface area (Å²) >= 11 is 0. The van der Waals surface area contributed by atoms with E-state index in [1.165, 1.54) is 32.2 Å². The molecule has 0 saturated carbocycles. The highest BCUT2D eigenvalue weighted by Gasteiger charge is 2.21. The summed E-state index contributed by atoms with van der Waals surface area (Å²) in [6.07, 6.45) is 8.82. The van der Waals surface area contributed by atoms with Crippen molar-refractivity contribution in [3.05, 3.63) is 47.3 Å². The molecule has 0 spiro atoms. The average molecular weight is 443 g/mol. The Morgan fingerprint density at radius 2 is 2.06 bits per heavy atom. The fourth-order valence-corrected chi connectivity index (χ4v) is 4.26. The zero-order chi connectivity index (χ0) is 22.5. The Morgan fingerprint density at radius 1 is 1.28 bits per heavy atom. The Morgan fingerprint density at radius 3 is 2.81 bits per heavy atom. The summed E-state index contributed by atoms with van der Waals surface area (Å²) in [6, 6.07) is 1.35. The molecule has 1 saturated heterocycles. The number of aromatic nitrogens is 3. The van der Waals surface area contributed by atoms with Gasteiger partial charge in [0.15, 0.2) is 5.82 Å². The molecular formula is C23H31FN6O2. The second-order valence-electron chi connectivity index (χ2n) is 8.48. The van der Waals surface area contributed by atoms with E-state index in [4.69, 9.17) is 14.9 Å². The molecule has 2 aromatic rings. The molecule has 2 N–H and O–H groups in total. The molecule has 2 aliphatic heterocycles. The monoisotopic (exact) mass is 442 g/mol. The third-order valence-corrected chi connectivity index (χ3v) is 6.16.